The number of hydrogen-bond donors (Lipinski definition) is 1. The number of rotatable bonds is 2. The molecule has 16 heavy (non-hydrogen) atoms. The first-order valence-corrected chi connectivity index (χ1v) is 6.47. The zero-order chi connectivity index (χ0) is 11.5. The average molecular weight is 242 g/mol. The van der Waals surface area contributed by atoms with E-state index >= 15 is 0 Å². The Morgan fingerprint density at radius 3 is 3.19 bits per heavy atom. The highest BCUT2D eigenvalue weighted by Gasteiger charge is 2.22. The Bertz CT molecular complexity index is 375. The molecule has 0 bridgehead atoms. The Balaban J connectivity index is 2.30. The van der Waals surface area contributed by atoms with Crippen molar-refractivity contribution in [1.29, 1.82) is 0 Å². The van der Waals surface area contributed by atoms with Crippen molar-refractivity contribution in [1.82, 2.24) is 4.98 Å². The molecule has 2 heterocycles. The van der Waals surface area contributed by atoms with Gasteiger partial charge in [-0.15, -0.1) is 0 Å². The summed E-state index contributed by atoms with van der Waals surface area (Å²) in [6.07, 6.45) is 1.21. The van der Waals surface area contributed by atoms with E-state index in [0.717, 1.165) is 23.9 Å². The van der Waals surface area contributed by atoms with Crippen molar-refractivity contribution >= 4 is 17.6 Å². The lowest BCUT2D eigenvalue weighted by atomic mass is 10.2. The van der Waals surface area contributed by atoms with Crippen molar-refractivity contribution in [2.24, 2.45) is 0 Å². The van der Waals surface area contributed by atoms with Gasteiger partial charge in [0.2, 0.25) is 0 Å². The molecule has 0 aromatic carbocycles. The molecule has 1 fully saturated rings. The van der Waals surface area contributed by atoms with Crippen LogP contribution in [-0.4, -0.2) is 34.2 Å². The number of anilines is 1. The van der Waals surface area contributed by atoms with Crippen LogP contribution in [0, 0.1) is 5.82 Å². The molecular weight excluding hydrogens is 227 g/mol. The third-order valence-corrected chi connectivity index (χ3v) is 3.91. The monoisotopic (exact) mass is 242 g/mol. The van der Waals surface area contributed by atoms with Crippen LogP contribution < -0.4 is 4.90 Å². The summed E-state index contributed by atoms with van der Waals surface area (Å²) >= 11 is 1.91. The van der Waals surface area contributed by atoms with Gasteiger partial charge in [0.15, 0.2) is 0 Å². The first-order valence-electron chi connectivity index (χ1n) is 5.32. The molecule has 88 valence electrons. The van der Waals surface area contributed by atoms with Gasteiger partial charge in [0.05, 0.1) is 12.8 Å². The second-order valence-electron chi connectivity index (χ2n) is 3.91. The highest BCUT2D eigenvalue weighted by atomic mass is 32.2. The fraction of sp³-hybridized carbons (Fsp3) is 0.545. The SMILES string of the molecule is CC1CSCCN1c1ncc(F)cc1CO. The van der Waals surface area contributed by atoms with Gasteiger partial charge < -0.3 is 10.0 Å². The second kappa shape index (κ2) is 5.01. The Kier molecular flexibility index (Phi) is 3.66. The van der Waals surface area contributed by atoms with Crippen molar-refractivity contribution in [3.05, 3.63) is 23.6 Å². The lowest BCUT2D eigenvalue weighted by Gasteiger charge is -2.35. The van der Waals surface area contributed by atoms with Gasteiger partial charge in [-0.25, -0.2) is 9.37 Å². The van der Waals surface area contributed by atoms with Crippen molar-refractivity contribution in [2.45, 2.75) is 19.6 Å². The molecule has 5 heteroatoms. The van der Waals surface area contributed by atoms with E-state index in [2.05, 4.69) is 16.8 Å². The van der Waals surface area contributed by atoms with E-state index in [9.17, 15) is 9.50 Å². The van der Waals surface area contributed by atoms with Crippen LogP contribution in [0.2, 0.25) is 0 Å². The summed E-state index contributed by atoms with van der Waals surface area (Å²) in [5, 5.41) is 9.22. The van der Waals surface area contributed by atoms with E-state index in [1.165, 1.54) is 12.3 Å². The van der Waals surface area contributed by atoms with Gasteiger partial charge in [0.25, 0.3) is 0 Å². The zero-order valence-corrected chi connectivity index (χ0v) is 10.0. The molecule has 0 radical (unpaired) electrons. The van der Waals surface area contributed by atoms with Crippen molar-refractivity contribution < 1.29 is 9.50 Å². The molecular formula is C11H15FN2OS. The maximum atomic E-state index is 13.0. The summed E-state index contributed by atoms with van der Waals surface area (Å²) in [6, 6.07) is 1.73. The van der Waals surface area contributed by atoms with Crippen molar-refractivity contribution in [3.63, 3.8) is 0 Å². The number of nitrogens with zero attached hydrogens (tertiary/aromatic N) is 2. The maximum absolute atomic E-state index is 13.0. The van der Waals surface area contributed by atoms with Gasteiger partial charge in [0, 0.05) is 29.7 Å². The number of aliphatic hydroxyl groups is 1. The van der Waals surface area contributed by atoms with Gasteiger partial charge in [-0.2, -0.15) is 11.8 Å². The lowest BCUT2D eigenvalue weighted by molar-refractivity contribution is 0.280. The molecule has 1 saturated heterocycles. The normalized spacial score (nSPS) is 21.2. The van der Waals surface area contributed by atoms with Gasteiger partial charge in [-0.05, 0) is 13.0 Å². The van der Waals surface area contributed by atoms with E-state index < -0.39 is 5.82 Å². The van der Waals surface area contributed by atoms with Crippen LogP contribution in [0.25, 0.3) is 0 Å². The summed E-state index contributed by atoms with van der Waals surface area (Å²) in [5.74, 6) is 2.42. The largest absolute Gasteiger partial charge is 0.392 e. The minimum Gasteiger partial charge on any atom is -0.392 e. The smallest absolute Gasteiger partial charge is 0.142 e. The molecule has 2 rings (SSSR count). The second-order valence-corrected chi connectivity index (χ2v) is 5.06. The Morgan fingerprint density at radius 1 is 1.69 bits per heavy atom. The van der Waals surface area contributed by atoms with E-state index in [-0.39, 0.29) is 6.61 Å². The number of hydrogen-bond acceptors (Lipinski definition) is 4. The van der Waals surface area contributed by atoms with Gasteiger partial charge in [0.1, 0.15) is 11.6 Å². The molecule has 1 aromatic rings. The summed E-state index contributed by atoms with van der Waals surface area (Å²) in [7, 11) is 0. The van der Waals surface area contributed by atoms with Gasteiger partial charge in [-0.1, -0.05) is 0 Å². The number of thioether (sulfide) groups is 1. The quantitative estimate of drug-likeness (QED) is 0.855. The molecule has 0 aliphatic carbocycles. The lowest BCUT2D eigenvalue weighted by Crippen LogP contribution is -2.41. The van der Waals surface area contributed by atoms with Crippen LogP contribution in [0.3, 0.4) is 0 Å². The molecule has 1 aliphatic heterocycles. The highest BCUT2D eigenvalue weighted by Crippen LogP contribution is 2.25. The van der Waals surface area contributed by atoms with Gasteiger partial charge >= 0.3 is 0 Å². The molecule has 0 saturated carbocycles. The van der Waals surface area contributed by atoms with Crippen molar-refractivity contribution in [2.75, 3.05) is 23.0 Å². The first-order chi connectivity index (χ1) is 7.72. The number of aliphatic hydroxyl groups excluding tert-OH is 1. The number of halogens is 1. The van der Waals surface area contributed by atoms with E-state index in [1.807, 2.05) is 11.8 Å². The third-order valence-electron chi connectivity index (χ3n) is 2.72. The molecule has 3 nitrogen and oxygen atoms in total. The van der Waals surface area contributed by atoms with Crippen molar-refractivity contribution in [3.8, 4) is 0 Å². The van der Waals surface area contributed by atoms with Crippen LogP contribution in [0.5, 0.6) is 0 Å². The molecule has 1 aromatic heterocycles. The molecule has 1 atom stereocenters. The van der Waals surface area contributed by atoms with Crippen LogP contribution in [0.4, 0.5) is 10.2 Å². The topological polar surface area (TPSA) is 36.4 Å². The van der Waals surface area contributed by atoms with Crippen LogP contribution >= 0.6 is 11.8 Å². The standard InChI is InChI=1S/C11H15FN2OS/c1-8-7-16-3-2-14(8)11-9(6-15)4-10(12)5-13-11/h4-5,8,15H,2-3,6-7H2,1H3. The fourth-order valence-corrected chi connectivity index (χ4v) is 2.90. The van der Waals surface area contributed by atoms with Gasteiger partial charge in [-0.3, -0.25) is 0 Å². The number of pyridine rings is 1. The minimum absolute atomic E-state index is 0.170. The highest BCUT2D eigenvalue weighted by molar-refractivity contribution is 7.99. The van der Waals surface area contributed by atoms with Crippen LogP contribution in [0.15, 0.2) is 12.3 Å². The predicted molar refractivity (Wildman–Crippen MR) is 64.3 cm³/mol. The van der Waals surface area contributed by atoms with E-state index in [0.29, 0.717) is 11.6 Å². The molecule has 1 N–H and O–H groups in total. The Morgan fingerprint density at radius 2 is 2.50 bits per heavy atom. The molecule has 0 amide bonds. The Hall–Kier alpha value is -0.810. The summed E-state index contributed by atoms with van der Waals surface area (Å²) in [5.41, 5.74) is 0.568. The Labute approximate surface area is 98.7 Å². The minimum atomic E-state index is -0.396. The maximum Gasteiger partial charge on any atom is 0.142 e. The molecule has 0 spiro atoms. The molecule has 1 aliphatic rings. The van der Waals surface area contributed by atoms with Crippen LogP contribution in [-0.2, 0) is 6.61 Å². The number of aromatic nitrogens is 1. The third kappa shape index (κ3) is 2.30. The summed E-state index contributed by atoms with van der Waals surface area (Å²) in [6.45, 7) is 2.85. The van der Waals surface area contributed by atoms with E-state index in [4.69, 9.17) is 0 Å². The fourth-order valence-electron chi connectivity index (χ4n) is 1.89. The summed E-state index contributed by atoms with van der Waals surface area (Å²) in [4.78, 5) is 6.25. The zero-order valence-electron chi connectivity index (χ0n) is 9.19. The summed E-state index contributed by atoms with van der Waals surface area (Å²) < 4.78 is 13.0. The average Bonchev–Trinajstić information content (AvgIpc) is 2.30. The first kappa shape index (κ1) is 11.7. The molecule has 1 unspecified atom stereocenters. The van der Waals surface area contributed by atoms with E-state index in [1.54, 1.807) is 0 Å². The van der Waals surface area contributed by atoms with Crippen LogP contribution in [0.1, 0.15) is 12.5 Å². The predicted octanol–water partition coefficient (Wildman–Crippen LogP) is 1.65.